The molecule has 2 aliphatic rings. The lowest BCUT2D eigenvalue weighted by atomic mass is 10.1. The van der Waals surface area contributed by atoms with Gasteiger partial charge in [0.15, 0.2) is 29.0 Å². The van der Waals surface area contributed by atoms with Gasteiger partial charge in [0.25, 0.3) is 5.91 Å². The number of anilines is 1. The number of benzene rings is 1. The number of aromatic nitrogens is 4. The summed E-state index contributed by atoms with van der Waals surface area (Å²) in [7, 11) is 0. The molecule has 0 saturated carbocycles. The van der Waals surface area contributed by atoms with Crippen molar-refractivity contribution < 1.29 is 19.0 Å². The van der Waals surface area contributed by atoms with Crippen molar-refractivity contribution in [2.75, 3.05) is 11.9 Å². The molecule has 4 atom stereocenters. The Balaban J connectivity index is 1.47. The number of amides is 1. The van der Waals surface area contributed by atoms with E-state index in [1.807, 2.05) is 19.9 Å². The molecule has 3 aromatic rings. The molecule has 1 amide bonds. The monoisotopic (exact) mass is 436 g/mol. The maximum atomic E-state index is 12.6. The summed E-state index contributed by atoms with van der Waals surface area (Å²) in [6.45, 7) is 3.74. The Morgan fingerprint density at radius 2 is 2.00 bits per heavy atom. The number of ether oxygens (including phenoxy) is 3. The van der Waals surface area contributed by atoms with Gasteiger partial charge in [-0.25, -0.2) is 15.0 Å². The van der Waals surface area contributed by atoms with E-state index in [2.05, 4.69) is 30.3 Å². The molecule has 32 heavy (non-hydrogen) atoms. The number of imidazole rings is 1. The maximum absolute atomic E-state index is 12.6. The van der Waals surface area contributed by atoms with Crippen LogP contribution in [-0.2, 0) is 14.2 Å². The third-order valence-electron chi connectivity index (χ3n) is 5.35. The summed E-state index contributed by atoms with van der Waals surface area (Å²) in [6.07, 6.45) is 0.929. The zero-order valence-corrected chi connectivity index (χ0v) is 17.3. The van der Waals surface area contributed by atoms with Crippen LogP contribution in [0.25, 0.3) is 21.6 Å². The largest absolute Gasteiger partial charge is 0.349 e. The van der Waals surface area contributed by atoms with Crippen molar-refractivity contribution in [1.82, 2.24) is 19.5 Å². The van der Waals surface area contributed by atoms with Crippen molar-refractivity contribution in [2.45, 2.75) is 44.2 Å². The van der Waals surface area contributed by atoms with Crippen molar-refractivity contribution in [3.05, 3.63) is 59.0 Å². The highest BCUT2D eigenvalue weighted by Crippen LogP contribution is 2.44. The van der Waals surface area contributed by atoms with Gasteiger partial charge in [-0.2, -0.15) is 0 Å². The lowest BCUT2D eigenvalue weighted by Crippen LogP contribution is -2.31. The summed E-state index contributed by atoms with van der Waals surface area (Å²) in [5, 5.41) is 6.42. The van der Waals surface area contributed by atoms with Crippen LogP contribution in [0.1, 0.15) is 30.4 Å². The summed E-state index contributed by atoms with van der Waals surface area (Å²) >= 11 is 0. The number of hydrogen-bond acceptors (Lipinski definition) is 8. The van der Waals surface area contributed by atoms with E-state index in [9.17, 15) is 4.79 Å². The number of hydrogen-bond donors (Lipinski definition) is 1. The van der Waals surface area contributed by atoms with Crippen LogP contribution in [0.2, 0.25) is 0 Å². The number of carbonyl (C=O) groups is 1. The number of carbonyl (C=O) groups excluding carboxylic acids is 1. The van der Waals surface area contributed by atoms with Gasteiger partial charge in [0.1, 0.15) is 18.5 Å². The molecule has 12 nitrogen and oxygen atoms in total. The van der Waals surface area contributed by atoms with Gasteiger partial charge in [0, 0.05) is 10.5 Å². The minimum absolute atomic E-state index is 0.105. The molecule has 0 bridgehead atoms. The summed E-state index contributed by atoms with van der Waals surface area (Å²) in [4.78, 5) is 28.3. The fraction of sp³-hybridized carbons (Fsp3) is 0.400. The van der Waals surface area contributed by atoms with Crippen LogP contribution < -0.4 is 5.32 Å². The first-order chi connectivity index (χ1) is 15.5. The summed E-state index contributed by atoms with van der Waals surface area (Å²) in [6, 6.07) is 8.82. The van der Waals surface area contributed by atoms with Gasteiger partial charge < -0.3 is 19.5 Å². The van der Waals surface area contributed by atoms with Crippen LogP contribution in [-0.4, -0.2) is 56.1 Å². The zero-order chi connectivity index (χ0) is 22.3. The molecule has 4 heterocycles. The van der Waals surface area contributed by atoms with Crippen molar-refractivity contribution in [3.8, 4) is 0 Å². The fourth-order valence-electron chi connectivity index (χ4n) is 4.05. The molecule has 1 aromatic carbocycles. The van der Waals surface area contributed by atoms with E-state index in [1.54, 1.807) is 35.2 Å². The second kappa shape index (κ2) is 7.84. The second-order valence-electron chi connectivity index (χ2n) is 7.91. The SMILES string of the molecule is CC1(C)O[C@@H]2[C@H](O1)C(CN=[N+]=[N-])O[C@H]2n1cnc2c(NC(=O)c3ccccc3)ncnc21. The molecular weight excluding hydrogens is 416 g/mol. The van der Waals surface area contributed by atoms with Crippen LogP contribution in [0, 0.1) is 0 Å². The van der Waals surface area contributed by atoms with Gasteiger partial charge in [-0.3, -0.25) is 9.36 Å². The molecular formula is C20H20N8O4. The summed E-state index contributed by atoms with van der Waals surface area (Å²) in [5.74, 6) is -0.834. The third-order valence-corrected chi connectivity index (χ3v) is 5.35. The molecule has 2 aliphatic heterocycles. The van der Waals surface area contributed by atoms with Crippen LogP contribution >= 0.6 is 0 Å². The van der Waals surface area contributed by atoms with Crippen molar-refractivity contribution >= 4 is 22.9 Å². The lowest BCUT2D eigenvalue weighted by Gasteiger charge is -2.24. The predicted octanol–water partition coefficient (Wildman–Crippen LogP) is 2.81. The third kappa shape index (κ3) is 3.55. The first kappa shape index (κ1) is 20.3. The van der Waals surface area contributed by atoms with Crippen molar-refractivity contribution in [2.24, 2.45) is 5.11 Å². The normalized spacial score (nSPS) is 25.9. The molecule has 2 saturated heterocycles. The van der Waals surface area contributed by atoms with Crippen molar-refractivity contribution in [3.63, 3.8) is 0 Å². The smallest absolute Gasteiger partial charge is 0.256 e. The van der Waals surface area contributed by atoms with Crippen LogP contribution in [0.3, 0.4) is 0 Å². The molecule has 5 rings (SSSR count). The molecule has 0 spiro atoms. The van der Waals surface area contributed by atoms with Gasteiger partial charge >= 0.3 is 0 Å². The predicted molar refractivity (Wildman–Crippen MR) is 111 cm³/mol. The van der Waals surface area contributed by atoms with Gasteiger partial charge in [0.2, 0.25) is 0 Å². The topological polar surface area (TPSA) is 149 Å². The molecule has 1 unspecified atom stereocenters. The van der Waals surface area contributed by atoms with E-state index in [0.717, 1.165) is 0 Å². The highest BCUT2D eigenvalue weighted by molar-refractivity contribution is 6.06. The fourth-order valence-corrected chi connectivity index (χ4v) is 4.05. The number of rotatable bonds is 5. The van der Waals surface area contributed by atoms with E-state index >= 15 is 0 Å². The Hall–Kier alpha value is -3.57. The number of nitrogens with zero attached hydrogens (tertiary/aromatic N) is 7. The zero-order valence-electron chi connectivity index (χ0n) is 17.3. The Morgan fingerprint density at radius 1 is 1.22 bits per heavy atom. The quantitative estimate of drug-likeness (QED) is 0.367. The molecule has 0 radical (unpaired) electrons. The Kier molecular flexibility index (Phi) is 4.98. The van der Waals surface area contributed by atoms with E-state index in [1.165, 1.54) is 6.33 Å². The Labute approximate surface area is 182 Å². The molecule has 0 aliphatic carbocycles. The summed E-state index contributed by atoms with van der Waals surface area (Å²) in [5.41, 5.74) is 10.1. The van der Waals surface area contributed by atoms with Crippen LogP contribution in [0.4, 0.5) is 5.82 Å². The number of nitrogens with one attached hydrogen (secondary N) is 1. The molecule has 1 N–H and O–H groups in total. The average Bonchev–Trinajstić information content (AvgIpc) is 3.44. The highest BCUT2D eigenvalue weighted by Gasteiger charge is 2.55. The standard InChI is InChI=1S/C20H20N8O4/c1-20(2)31-14-12(8-25-27-21)30-19(15(14)32-20)28-10-24-13-16(22-9-23-17(13)28)26-18(29)11-6-4-3-5-7-11/h3-7,9-10,12,14-15,19H,8H2,1-2H3,(H,22,23,26,29)/t12?,14-,15-,19-/m1/s1. The van der Waals surface area contributed by atoms with Gasteiger partial charge in [0.05, 0.1) is 19.0 Å². The minimum Gasteiger partial charge on any atom is -0.349 e. The summed E-state index contributed by atoms with van der Waals surface area (Å²) < 4.78 is 19.9. The Morgan fingerprint density at radius 3 is 2.78 bits per heavy atom. The maximum Gasteiger partial charge on any atom is 0.256 e. The first-order valence-corrected chi connectivity index (χ1v) is 10.0. The van der Waals surface area contributed by atoms with E-state index in [4.69, 9.17) is 19.7 Å². The second-order valence-corrected chi connectivity index (χ2v) is 7.91. The van der Waals surface area contributed by atoms with Crippen LogP contribution in [0.5, 0.6) is 0 Å². The Bertz CT molecular complexity index is 1210. The van der Waals surface area contributed by atoms with E-state index < -0.39 is 30.3 Å². The molecule has 12 heteroatoms. The number of azide groups is 1. The first-order valence-electron chi connectivity index (χ1n) is 10.0. The van der Waals surface area contributed by atoms with E-state index in [0.29, 0.717) is 16.7 Å². The molecule has 164 valence electrons. The van der Waals surface area contributed by atoms with E-state index in [-0.39, 0.29) is 18.3 Å². The minimum atomic E-state index is -0.813. The molecule has 2 fully saturated rings. The van der Waals surface area contributed by atoms with Gasteiger partial charge in [-0.15, -0.1) is 0 Å². The highest BCUT2D eigenvalue weighted by atomic mass is 16.8. The molecule has 2 aromatic heterocycles. The van der Waals surface area contributed by atoms with Gasteiger partial charge in [-0.05, 0) is 31.5 Å². The number of fused-ring (bicyclic) bond motifs is 2. The average molecular weight is 436 g/mol. The lowest BCUT2D eigenvalue weighted by molar-refractivity contribution is -0.195. The van der Waals surface area contributed by atoms with Crippen molar-refractivity contribution in [1.29, 1.82) is 0 Å². The van der Waals surface area contributed by atoms with Gasteiger partial charge in [-0.1, -0.05) is 23.3 Å². The van der Waals surface area contributed by atoms with Crippen LogP contribution in [0.15, 0.2) is 48.1 Å².